The van der Waals surface area contributed by atoms with E-state index in [-0.39, 0.29) is 18.0 Å². The van der Waals surface area contributed by atoms with Gasteiger partial charge in [-0.2, -0.15) is 0 Å². The number of nitrogens with one attached hydrogen (secondary N) is 1. The molecule has 19 heavy (non-hydrogen) atoms. The molecule has 0 spiro atoms. The Morgan fingerprint density at radius 2 is 2.16 bits per heavy atom. The van der Waals surface area contributed by atoms with Gasteiger partial charge in [0.15, 0.2) is 0 Å². The number of rotatable bonds is 4. The average Bonchev–Trinajstić information content (AvgIpc) is 2.87. The van der Waals surface area contributed by atoms with Gasteiger partial charge in [-0.15, -0.1) is 0 Å². The molecule has 1 aliphatic heterocycles. The number of hydrogen-bond acceptors (Lipinski definition) is 3. The highest BCUT2D eigenvalue weighted by atomic mass is 19.1. The van der Waals surface area contributed by atoms with Crippen LogP contribution in [0.5, 0.6) is 0 Å². The predicted octanol–water partition coefficient (Wildman–Crippen LogP) is 2.31. The molecule has 3 atom stereocenters. The Morgan fingerprint density at radius 3 is 2.74 bits per heavy atom. The molecule has 106 valence electrons. The summed E-state index contributed by atoms with van der Waals surface area (Å²) >= 11 is 0. The fraction of sp³-hybridized carbons (Fsp3) is 0.600. The summed E-state index contributed by atoms with van der Waals surface area (Å²) in [6.07, 6.45) is 0.707. The lowest BCUT2D eigenvalue weighted by molar-refractivity contribution is 0.136. The summed E-state index contributed by atoms with van der Waals surface area (Å²) in [5, 5.41) is 12.9. The maximum Gasteiger partial charge on any atom is 0.123 e. The molecule has 1 saturated heterocycles. The summed E-state index contributed by atoms with van der Waals surface area (Å²) in [6, 6.07) is 5.07. The molecule has 1 fully saturated rings. The van der Waals surface area contributed by atoms with Gasteiger partial charge in [-0.3, -0.25) is 0 Å². The molecular formula is C15H23FN2O. The number of halogens is 1. The molecule has 0 saturated carbocycles. The molecule has 1 heterocycles. The lowest BCUT2D eigenvalue weighted by Gasteiger charge is -2.25. The van der Waals surface area contributed by atoms with Crippen LogP contribution >= 0.6 is 0 Å². The normalized spacial score (nSPS) is 22.6. The number of hydrogen-bond donors (Lipinski definition) is 2. The first kappa shape index (κ1) is 14.3. The van der Waals surface area contributed by atoms with Crippen LogP contribution in [0.1, 0.15) is 31.9 Å². The van der Waals surface area contributed by atoms with Crippen molar-refractivity contribution < 1.29 is 9.50 Å². The Labute approximate surface area is 114 Å². The third kappa shape index (κ3) is 3.07. The zero-order valence-electron chi connectivity index (χ0n) is 11.9. The summed E-state index contributed by atoms with van der Waals surface area (Å²) in [6.45, 7) is 5.63. The van der Waals surface area contributed by atoms with E-state index in [0.717, 1.165) is 30.8 Å². The van der Waals surface area contributed by atoms with Crippen LogP contribution in [-0.2, 0) is 0 Å². The van der Waals surface area contributed by atoms with Crippen molar-refractivity contribution in [2.75, 3.05) is 25.0 Å². The van der Waals surface area contributed by atoms with Gasteiger partial charge in [0.05, 0.1) is 6.10 Å². The minimum atomic E-state index is -0.282. The Bertz CT molecular complexity index is 436. The SMILES string of the molecule is CNC(C)c1cc(F)ccc1N1CCC(C(C)O)C1. The summed E-state index contributed by atoms with van der Waals surface area (Å²) in [5.41, 5.74) is 2.06. The van der Waals surface area contributed by atoms with E-state index in [1.54, 1.807) is 6.07 Å². The van der Waals surface area contributed by atoms with E-state index < -0.39 is 0 Å². The minimum absolute atomic E-state index is 0.108. The third-order valence-corrected chi connectivity index (χ3v) is 4.14. The molecule has 2 N–H and O–H groups in total. The zero-order valence-corrected chi connectivity index (χ0v) is 11.9. The first-order valence-electron chi connectivity index (χ1n) is 6.92. The largest absolute Gasteiger partial charge is 0.393 e. The highest BCUT2D eigenvalue weighted by Crippen LogP contribution is 2.32. The van der Waals surface area contributed by atoms with E-state index in [1.807, 2.05) is 27.0 Å². The summed E-state index contributed by atoms with van der Waals surface area (Å²) < 4.78 is 13.4. The molecule has 2 rings (SSSR count). The van der Waals surface area contributed by atoms with Crippen LogP contribution in [0.2, 0.25) is 0 Å². The van der Waals surface area contributed by atoms with E-state index in [4.69, 9.17) is 0 Å². The molecule has 4 heteroatoms. The van der Waals surface area contributed by atoms with Crippen LogP contribution in [0, 0.1) is 11.7 Å². The lowest BCUT2D eigenvalue weighted by atomic mass is 10.0. The number of anilines is 1. The molecule has 0 bridgehead atoms. The first-order valence-corrected chi connectivity index (χ1v) is 6.92. The van der Waals surface area contributed by atoms with E-state index in [2.05, 4.69) is 10.2 Å². The van der Waals surface area contributed by atoms with Gasteiger partial charge in [0.2, 0.25) is 0 Å². The fourth-order valence-corrected chi connectivity index (χ4v) is 2.72. The van der Waals surface area contributed by atoms with Crippen molar-refractivity contribution in [3.05, 3.63) is 29.6 Å². The Kier molecular flexibility index (Phi) is 4.42. The molecule has 0 aromatic heterocycles. The summed E-state index contributed by atoms with van der Waals surface area (Å²) in [7, 11) is 1.88. The molecule has 3 unspecified atom stereocenters. The van der Waals surface area contributed by atoms with Crippen LogP contribution in [0.25, 0.3) is 0 Å². The molecule has 3 nitrogen and oxygen atoms in total. The topological polar surface area (TPSA) is 35.5 Å². The number of benzene rings is 1. The Morgan fingerprint density at radius 1 is 1.42 bits per heavy atom. The third-order valence-electron chi connectivity index (χ3n) is 4.14. The van der Waals surface area contributed by atoms with Gasteiger partial charge in [0.1, 0.15) is 5.82 Å². The van der Waals surface area contributed by atoms with Gasteiger partial charge in [-0.05, 0) is 51.1 Å². The van der Waals surface area contributed by atoms with Crippen molar-refractivity contribution in [2.24, 2.45) is 5.92 Å². The van der Waals surface area contributed by atoms with Gasteiger partial charge in [0, 0.05) is 30.7 Å². The van der Waals surface area contributed by atoms with Crippen LogP contribution in [-0.4, -0.2) is 31.3 Å². The Balaban J connectivity index is 2.25. The van der Waals surface area contributed by atoms with Gasteiger partial charge in [-0.1, -0.05) is 0 Å². The quantitative estimate of drug-likeness (QED) is 0.878. The van der Waals surface area contributed by atoms with Crippen molar-refractivity contribution in [1.82, 2.24) is 5.32 Å². The summed E-state index contributed by atoms with van der Waals surface area (Å²) in [5.74, 6) is 0.106. The van der Waals surface area contributed by atoms with Crippen LogP contribution < -0.4 is 10.2 Å². The molecule has 0 radical (unpaired) electrons. The molecule has 0 aliphatic carbocycles. The van der Waals surface area contributed by atoms with E-state index in [0.29, 0.717) is 5.92 Å². The van der Waals surface area contributed by atoms with E-state index in [9.17, 15) is 9.50 Å². The predicted molar refractivity (Wildman–Crippen MR) is 75.9 cm³/mol. The van der Waals surface area contributed by atoms with Crippen molar-refractivity contribution in [2.45, 2.75) is 32.4 Å². The average molecular weight is 266 g/mol. The molecule has 0 amide bonds. The maximum atomic E-state index is 13.4. The number of aliphatic hydroxyl groups excluding tert-OH is 1. The highest BCUT2D eigenvalue weighted by Gasteiger charge is 2.28. The standard InChI is InChI=1S/C15H23FN2O/c1-10(17-3)14-8-13(16)4-5-15(14)18-7-6-12(9-18)11(2)19/h4-5,8,10-12,17,19H,6-7,9H2,1-3H3. The lowest BCUT2D eigenvalue weighted by Crippen LogP contribution is -2.26. The first-order chi connectivity index (χ1) is 9.02. The number of nitrogens with zero attached hydrogens (tertiary/aromatic N) is 1. The Hall–Kier alpha value is -1.13. The fourth-order valence-electron chi connectivity index (χ4n) is 2.72. The van der Waals surface area contributed by atoms with Crippen molar-refractivity contribution >= 4 is 5.69 Å². The van der Waals surface area contributed by atoms with Crippen LogP contribution in [0.3, 0.4) is 0 Å². The smallest absolute Gasteiger partial charge is 0.123 e. The van der Waals surface area contributed by atoms with Crippen LogP contribution in [0.4, 0.5) is 10.1 Å². The van der Waals surface area contributed by atoms with Crippen molar-refractivity contribution in [1.29, 1.82) is 0 Å². The molecule has 1 aromatic rings. The number of aliphatic hydroxyl groups is 1. The van der Waals surface area contributed by atoms with E-state index in [1.165, 1.54) is 6.07 Å². The van der Waals surface area contributed by atoms with Gasteiger partial charge in [-0.25, -0.2) is 4.39 Å². The van der Waals surface area contributed by atoms with E-state index >= 15 is 0 Å². The van der Waals surface area contributed by atoms with Gasteiger partial charge >= 0.3 is 0 Å². The summed E-state index contributed by atoms with van der Waals surface area (Å²) in [4.78, 5) is 2.25. The monoisotopic (exact) mass is 266 g/mol. The molecule has 1 aromatic carbocycles. The molecule has 1 aliphatic rings. The second kappa shape index (κ2) is 5.88. The second-order valence-electron chi connectivity index (χ2n) is 5.45. The highest BCUT2D eigenvalue weighted by molar-refractivity contribution is 5.56. The molecular weight excluding hydrogens is 243 g/mol. The van der Waals surface area contributed by atoms with Gasteiger partial charge in [0.25, 0.3) is 0 Å². The van der Waals surface area contributed by atoms with Crippen molar-refractivity contribution in [3.63, 3.8) is 0 Å². The second-order valence-corrected chi connectivity index (χ2v) is 5.45. The van der Waals surface area contributed by atoms with Crippen molar-refractivity contribution in [3.8, 4) is 0 Å². The maximum absolute atomic E-state index is 13.4. The van der Waals surface area contributed by atoms with Gasteiger partial charge < -0.3 is 15.3 Å². The zero-order chi connectivity index (χ0) is 14.0. The minimum Gasteiger partial charge on any atom is -0.393 e. The van der Waals surface area contributed by atoms with Crippen LogP contribution in [0.15, 0.2) is 18.2 Å².